The molecule has 1 N–H and O–H groups in total. The quantitative estimate of drug-likeness (QED) is 0.351. The van der Waals surface area contributed by atoms with Crippen molar-refractivity contribution in [3.8, 4) is 5.75 Å². The second kappa shape index (κ2) is 10.0. The van der Waals surface area contributed by atoms with Gasteiger partial charge >= 0.3 is 12.1 Å². The van der Waals surface area contributed by atoms with E-state index < -0.39 is 35.0 Å². The van der Waals surface area contributed by atoms with E-state index >= 15 is 4.39 Å². The number of ether oxygens (including phenoxy) is 1. The maximum absolute atomic E-state index is 16.0. The summed E-state index contributed by atoms with van der Waals surface area (Å²) in [5, 5.41) is 9.66. The standard InChI is InChI=1S/C32H37F4NO3/c1-18(30(38)39)27(21-5-6-21)25-9-7-22-11-12-31(40-29(22)28(25)33)13-15-37(16-14-31)19(2)26-17-23(32(34,35)36)8-10-24(26)20-3-4-20/h7-10,17-21,27H,3-6,11-16H2,1-2H3,(H,38,39)/t18-,19?,27-/m0/s1. The van der Waals surface area contributed by atoms with Gasteiger partial charge in [0.15, 0.2) is 11.6 Å². The van der Waals surface area contributed by atoms with Gasteiger partial charge in [0.2, 0.25) is 0 Å². The first-order valence-electron chi connectivity index (χ1n) is 14.7. The maximum Gasteiger partial charge on any atom is 0.416 e. The largest absolute Gasteiger partial charge is 0.484 e. The van der Waals surface area contributed by atoms with Crippen molar-refractivity contribution < 1.29 is 32.2 Å². The van der Waals surface area contributed by atoms with Gasteiger partial charge in [-0.2, -0.15) is 13.2 Å². The number of aliphatic carboxylic acids is 1. The molecule has 2 aliphatic heterocycles. The predicted octanol–water partition coefficient (Wildman–Crippen LogP) is 7.86. The smallest absolute Gasteiger partial charge is 0.416 e. The van der Waals surface area contributed by atoms with Crippen LogP contribution in [0.5, 0.6) is 5.75 Å². The maximum atomic E-state index is 16.0. The highest BCUT2D eigenvalue weighted by molar-refractivity contribution is 5.71. The Labute approximate surface area is 232 Å². The lowest BCUT2D eigenvalue weighted by Crippen LogP contribution is -2.50. The van der Waals surface area contributed by atoms with E-state index in [1.54, 1.807) is 19.1 Å². The van der Waals surface area contributed by atoms with Crippen LogP contribution in [0.4, 0.5) is 17.6 Å². The molecule has 4 aliphatic rings. The van der Waals surface area contributed by atoms with Crippen molar-refractivity contribution in [2.45, 2.75) is 94.9 Å². The van der Waals surface area contributed by atoms with Crippen molar-refractivity contribution in [1.29, 1.82) is 0 Å². The van der Waals surface area contributed by atoms with E-state index in [0.717, 1.165) is 48.8 Å². The van der Waals surface area contributed by atoms with Crippen LogP contribution in [0.3, 0.4) is 0 Å². The van der Waals surface area contributed by atoms with E-state index in [9.17, 15) is 23.1 Å². The van der Waals surface area contributed by atoms with Crippen LogP contribution in [0.15, 0.2) is 30.3 Å². The first-order chi connectivity index (χ1) is 19.0. The summed E-state index contributed by atoms with van der Waals surface area (Å²) in [5.41, 5.74) is 1.92. The van der Waals surface area contributed by atoms with Crippen molar-refractivity contribution in [2.75, 3.05) is 13.1 Å². The summed E-state index contributed by atoms with van der Waals surface area (Å²) in [4.78, 5) is 14.0. The Morgan fingerprint density at radius 3 is 2.33 bits per heavy atom. The molecule has 0 aromatic heterocycles. The molecule has 2 heterocycles. The Morgan fingerprint density at radius 1 is 1.02 bits per heavy atom. The van der Waals surface area contributed by atoms with Crippen LogP contribution in [-0.4, -0.2) is 34.7 Å². The van der Waals surface area contributed by atoms with Crippen LogP contribution in [0.1, 0.15) is 104 Å². The number of aryl methyl sites for hydroxylation is 1. The van der Waals surface area contributed by atoms with Crippen molar-refractivity contribution in [3.05, 3.63) is 64.0 Å². The van der Waals surface area contributed by atoms with Crippen LogP contribution >= 0.6 is 0 Å². The minimum atomic E-state index is -4.38. The number of fused-ring (bicyclic) bond motifs is 1. The molecule has 40 heavy (non-hydrogen) atoms. The zero-order chi connectivity index (χ0) is 28.4. The number of piperidine rings is 1. The molecular formula is C32H37F4NO3. The molecule has 2 aliphatic carbocycles. The average Bonchev–Trinajstić information content (AvgIpc) is 3.84. The summed E-state index contributed by atoms with van der Waals surface area (Å²) in [5.74, 6) is -1.61. The lowest BCUT2D eigenvalue weighted by molar-refractivity contribution is -0.142. The number of hydrogen-bond donors (Lipinski definition) is 1. The third kappa shape index (κ3) is 5.12. The molecule has 0 bridgehead atoms. The number of benzene rings is 2. The van der Waals surface area contributed by atoms with Gasteiger partial charge in [-0.05, 0) is 105 Å². The molecule has 0 radical (unpaired) electrons. The molecule has 216 valence electrons. The lowest BCUT2D eigenvalue weighted by Gasteiger charge is -2.46. The third-order valence-electron chi connectivity index (χ3n) is 9.93. The normalized spacial score (nSPS) is 23.2. The molecule has 2 saturated carbocycles. The molecule has 2 aromatic carbocycles. The fraction of sp³-hybridized carbons (Fsp3) is 0.594. The topological polar surface area (TPSA) is 49.8 Å². The minimum absolute atomic E-state index is 0.161. The minimum Gasteiger partial charge on any atom is -0.484 e. The number of carboxylic acid groups (broad SMARTS) is 1. The number of carbonyl (C=O) groups is 1. The van der Waals surface area contributed by atoms with Crippen LogP contribution in [0.25, 0.3) is 0 Å². The SMILES string of the molecule is CC(c1cc(C(F)(F)F)ccc1C1CC1)N1CCC2(CCc3ccc([C@H](C4CC4)[C@H](C)C(=O)O)c(F)c3O2)CC1. The van der Waals surface area contributed by atoms with E-state index in [2.05, 4.69) is 4.90 Å². The molecule has 1 saturated heterocycles. The van der Waals surface area contributed by atoms with E-state index in [1.165, 1.54) is 12.1 Å². The van der Waals surface area contributed by atoms with Crippen LogP contribution in [-0.2, 0) is 17.4 Å². The zero-order valence-electron chi connectivity index (χ0n) is 23.1. The summed E-state index contributed by atoms with van der Waals surface area (Å²) in [6.07, 6.45) is 2.24. The number of hydrogen-bond acceptors (Lipinski definition) is 3. The van der Waals surface area contributed by atoms with Gasteiger partial charge in [-0.15, -0.1) is 0 Å². The van der Waals surface area contributed by atoms with Gasteiger partial charge in [0.25, 0.3) is 0 Å². The highest BCUT2D eigenvalue weighted by atomic mass is 19.4. The molecule has 2 aromatic rings. The second-order valence-electron chi connectivity index (χ2n) is 12.6. The third-order valence-corrected chi connectivity index (χ3v) is 9.93. The fourth-order valence-electron chi connectivity index (χ4n) is 7.09. The van der Waals surface area contributed by atoms with E-state index in [-0.39, 0.29) is 23.6 Å². The number of likely N-dealkylation sites (tertiary alicyclic amines) is 1. The number of halogens is 4. The molecule has 4 nitrogen and oxygen atoms in total. The predicted molar refractivity (Wildman–Crippen MR) is 143 cm³/mol. The van der Waals surface area contributed by atoms with E-state index in [4.69, 9.17) is 4.74 Å². The summed E-state index contributed by atoms with van der Waals surface area (Å²) < 4.78 is 63.1. The molecule has 6 rings (SSSR count). The molecule has 1 unspecified atom stereocenters. The summed E-state index contributed by atoms with van der Waals surface area (Å²) in [6, 6.07) is 7.70. The van der Waals surface area contributed by atoms with Gasteiger partial charge in [-0.3, -0.25) is 9.69 Å². The van der Waals surface area contributed by atoms with Gasteiger partial charge in [0.1, 0.15) is 5.60 Å². The summed E-state index contributed by atoms with van der Waals surface area (Å²) in [7, 11) is 0. The highest BCUT2D eigenvalue weighted by Gasteiger charge is 2.45. The van der Waals surface area contributed by atoms with Crippen molar-refractivity contribution in [3.63, 3.8) is 0 Å². The van der Waals surface area contributed by atoms with Crippen molar-refractivity contribution in [2.24, 2.45) is 11.8 Å². The molecular weight excluding hydrogens is 522 g/mol. The number of carboxylic acids is 1. The Morgan fingerprint density at radius 2 is 1.73 bits per heavy atom. The van der Waals surface area contributed by atoms with Gasteiger partial charge in [0.05, 0.1) is 11.5 Å². The lowest BCUT2D eigenvalue weighted by atomic mass is 9.79. The monoisotopic (exact) mass is 559 g/mol. The molecule has 1 spiro atoms. The van der Waals surface area contributed by atoms with Gasteiger partial charge in [-0.25, -0.2) is 4.39 Å². The Bertz CT molecular complexity index is 1290. The number of nitrogens with zero attached hydrogens (tertiary/aromatic N) is 1. The van der Waals surface area contributed by atoms with Gasteiger partial charge < -0.3 is 9.84 Å². The first kappa shape index (κ1) is 27.6. The van der Waals surface area contributed by atoms with E-state index in [1.807, 2.05) is 13.0 Å². The second-order valence-corrected chi connectivity index (χ2v) is 12.6. The summed E-state index contributed by atoms with van der Waals surface area (Å²) >= 11 is 0. The molecule has 8 heteroatoms. The Balaban J connectivity index is 1.20. The van der Waals surface area contributed by atoms with Gasteiger partial charge in [0, 0.05) is 25.0 Å². The molecule has 3 fully saturated rings. The zero-order valence-corrected chi connectivity index (χ0v) is 23.1. The van der Waals surface area contributed by atoms with Crippen LogP contribution < -0.4 is 4.74 Å². The molecule has 3 atom stereocenters. The Hall–Kier alpha value is -2.61. The van der Waals surface area contributed by atoms with Crippen molar-refractivity contribution >= 4 is 5.97 Å². The average molecular weight is 560 g/mol. The van der Waals surface area contributed by atoms with Crippen molar-refractivity contribution in [1.82, 2.24) is 4.90 Å². The fourth-order valence-corrected chi connectivity index (χ4v) is 7.09. The van der Waals surface area contributed by atoms with Crippen LogP contribution in [0, 0.1) is 17.7 Å². The first-order valence-corrected chi connectivity index (χ1v) is 14.7. The molecule has 0 amide bonds. The van der Waals surface area contributed by atoms with Crippen LogP contribution in [0.2, 0.25) is 0 Å². The number of alkyl halides is 3. The van der Waals surface area contributed by atoms with E-state index in [0.29, 0.717) is 43.8 Å². The highest BCUT2D eigenvalue weighted by Crippen LogP contribution is 2.51. The Kier molecular flexibility index (Phi) is 6.91. The summed E-state index contributed by atoms with van der Waals surface area (Å²) in [6.45, 7) is 4.95. The number of rotatable bonds is 7. The van der Waals surface area contributed by atoms with Gasteiger partial charge in [-0.1, -0.05) is 25.1 Å².